The number of nitrogens with zero attached hydrogens (tertiary/aromatic N) is 1. The molecule has 0 saturated carbocycles. The van der Waals surface area contributed by atoms with Crippen molar-refractivity contribution in [2.75, 3.05) is 26.7 Å². The Morgan fingerprint density at radius 1 is 1.41 bits per heavy atom. The van der Waals surface area contributed by atoms with Gasteiger partial charge in [0.25, 0.3) is 5.91 Å². The van der Waals surface area contributed by atoms with Gasteiger partial charge in [0.15, 0.2) is 0 Å². The zero-order chi connectivity index (χ0) is 15.3. The minimum Gasteiger partial charge on any atom is -0.368 e. The summed E-state index contributed by atoms with van der Waals surface area (Å²) in [6.45, 7) is 4.84. The first-order valence-electron chi connectivity index (χ1n) is 7.41. The lowest BCUT2D eigenvalue weighted by Gasteiger charge is -2.38. The number of halogens is 2. The number of rotatable bonds is 5. The summed E-state index contributed by atoms with van der Waals surface area (Å²) in [4.78, 5) is 14.8. The summed E-state index contributed by atoms with van der Waals surface area (Å²) in [5.74, 6) is 0.0778. The Balaban J connectivity index is 0.00000242. The molecule has 0 atom stereocenters. The molecule has 22 heavy (non-hydrogen) atoms. The van der Waals surface area contributed by atoms with E-state index in [0.717, 1.165) is 18.7 Å². The van der Waals surface area contributed by atoms with Gasteiger partial charge in [-0.15, -0.1) is 12.4 Å². The van der Waals surface area contributed by atoms with E-state index in [-0.39, 0.29) is 18.3 Å². The highest BCUT2D eigenvalue weighted by atomic mass is 35.5. The minimum atomic E-state index is -0.681. The largest absolute Gasteiger partial charge is 0.368 e. The van der Waals surface area contributed by atoms with Crippen LogP contribution in [-0.2, 0) is 16.1 Å². The lowest BCUT2D eigenvalue weighted by atomic mass is 9.90. The van der Waals surface area contributed by atoms with E-state index >= 15 is 0 Å². The molecule has 0 aromatic heterocycles. The fourth-order valence-corrected chi connectivity index (χ4v) is 3.02. The van der Waals surface area contributed by atoms with Gasteiger partial charge in [-0.1, -0.05) is 23.7 Å². The van der Waals surface area contributed by atoms with Gasteiger partial charge in [0.2, 0.25) is 0 Å². The van der Waals surface area contributed by atoms with Crippen LogP contribution in [0.1, 0.15) is 25.3 Å². The molecule has 0 unspecified atom stereocenters. The lowest BCUT2D eigenvalue weighted by Crippen LogP contribution is -2.55. The molecule has 1 aliphatic heterocycles. The first-order valence-corrected chi connectivity index (χ1v) is 7.79. The Morgan fingerprint density at radius 2 is 2.09 bits per heavy atom. The number of piperidine rings is 1. The van der Waals surface area contributed by atoms with Gasteiger partial charge in [-0.3, -0.25) is 4.79 Å². The minimum absolute atomic E-state index is 0. The second kappa shape index (κ2) is 8.73. The highest BCUT2D eigenvalue weighted by Crippen LogP contribution is 2.26. The molecule has 124 valence electrons. The third kappa shape index (κ3) is 4.35. The van der Waals surface area contributed by atoms with E-state index in [1.54, 1.807) is 7.11 Å². The number of carbonyl (C=O) groups is 1. The summed E-state index contributed by atoms with van der Waals surface area (Å²) in [6, 6.07) is 7.64. The van der Waals surface area contributed by atoms with Gasteiger partial charge in [0.1, 0.15) is 5.60 Å². The maximum Gasteiger partial charge on any atom is 0.255 e. The van der Waals surface area contributed by atoms with Gasteiger partial charge < -0.3 is 15.0 Å². The third-order valence-electron chi connectivity index (χ3n) is 4.12. The van der Waals surface area contributed by atoms with E-state index in [2.05, 4.69) is 5.32 Å². The number of methoxy groups -OCH3 is 1. The molecule has 1 saturated heterocycles. The van der Waals surface area contributed by atoms with Crippen molar-refractivity contribution >= 4 is 29.9 Å². The van der Waals surface area contributed by atoms with Crippen molar-refractivity contribution in [1.29, 1.82) is 0 Å². The predicted octanol–water partition coefficient (Wildman–Crippen LogP) is 2.88. The number of hydrogen-bond acceptors (Lipinski definition) is 3. The fourth-order valence-electron chi connectivity index (χ4n) is 2.81. The monoisotopic (exact) mass is 346 g/mol. The SMILES string of the molecule is CCN(Cc1cccc(Cl)c1)C(=O)C1(OC)CCNCC1.Cl. The summed E-state index contributed by atoms with van der Waals surface area (Å²) in [7, 11) is 1.64. The highest BCUT2D eigenvalue weighted by Gasteiger charge is 2.41. The molecule has 0 bridgehead atoms. The molecule has 4 nitrogen and oxygen atoms in total. The van der Waals surface area contributed by atoms with Crippen LogP contribution in [0.15, 0.2) is 24.3 Å². The van der Waals surface area contributed by atoms with E-state index in [1.165, 1.54) is 0 Å². The van der Waals surface area contributed by atoms with Crippen LogP contribution in [0, 0.1) is 0 Å². The van der Waals surface area contributed by atoms with Gasteiger partial charge >= 0.3 is 0 Å². The Labute approximate surface area is 143 Å². The zero-order valence-corrected chi connectivity index (χ0v) is 14.7. The van der Waals surface area contributed by atoms with Gasteiger partial charge in [0, 0.05) is 25.2 Å². The molecule has 1 amide bonds. The van der Waals surface area contributed by atoms with Crippen LogP contribution in [0.25, 0.3) is 0 Å². The number of nitrogens with one attached hydrogen (secondary N) is 1. The fraction of sp³-hybridized carbons (Fsp3) is 0.562. The Bertz CT molecular complexity index is 491. The number of likely N-dealkylation sites (N-methyl/N-ethyl adjacent to an activating group) is 1. The number of carbonyl (C=O) groups excluding carboxylic acids is 1. The van der Waals surface area contributed by atoms with Crippen LogP contribution in [-0.4, -0.2) is 43.2 Å². The lowest BCUT2D eigenvalue weighted by molar-refractivity contribution is -0.158. The number of benzene rings is 1. The van der Waals surface area contributed by atoms with Crippen molar-refractivity contribution < 1.29 is 9.53 Å². The first-order chi connectivity index (χ1) is 10.1. The molecule has 0 aliphatic carbocycles. The molecule has 6 heteroatoms. The van der Waals surface area contributed by atoms with Gasteiger partial charge in [0.05, 0.1) is 0 Å². The Hall–Kier alpha value is -0.810. The van der Waals surface area contributed by atoms with Crippen molar-refractivity contribution in [1.82, 2.24) is 10.2 Å². The maximum absolute atomic E-state index is 12.9. The normalized spacial score (nSPS) is 16.7. The van der Waals surface area contributed by atoms with Crippen molar-refractivity contribution in [3.8, 4) is 0 Å². The van der Waals surface area contributed by atoms with E-state index in [4.69, 9.17) is 16.3 Å². The molecule has 1 aliphatic rings. The summed E-state index contributed by atoms with van der Waals surface area (Å²) >= 11 is 6.02. The quantitative estimate of drug-likeness (QED) is 0.891. The first kappa shape index (κ1) is 19.2. The molecule has 2 rings (SSSR count). The molecular formula is C16H24Cl2N2O2. The average molecular weight is 347 g/mol. The standard InChI is InChI=1S/C16H23ClN2O2.ClH/c1-3-19(12-13-5-4-6-14(17)11-13)15(20)16(21-2)7-9-18-10-8-16;/h4-6,11,18H,3,7-10,12H2,1-2H3;1H. The topological polar surface area (TPSA) is 41.6 Å². The molecule has 0 spiro atoms. The third-order valence-corrected chi connectivity index (χ3v) is 4.36. The Morgan fingerprint density at radius 3 is 2.64 bits per heavy atom. The Kier molecular flexibility index (Phi) is 7.63. The van der Waals surface area contributed by atoms with Gasteiger partial charge in [-0.2, -0.15) is 0 Å². The zero-order valence-electron chi connectivity index (χ0n) is 13.1. The number of hydrogen-bond donors (Lipinski definition) is 1. The van der Waals surface area contributed by atoms with Crippen LogP contribution in [0.2, 0.25) is 5.02 Å². The van der Waals surface area contributed by atoms with Crippen LogP contribution in [0.4, 0.5) is 0 Å². The molecular weight excluding hydrogens is 323 g/mol. The van der Waals surface area contributed by atoms with Crippen LogP contribution < -0.4 is 5.32 Å². The molecule has 1 aromatic rings. The molecule has 1 fully saturated rings. The van der Waals surface area contributed by atoms with E-state index in [0.29, 0.717) is 31.0 Å². The van der Waals surface area contributed by atoms with Gasteiger partial charge in [-0.05, 0) is 50.6 Å². The van der Waals surface area contributed by atoms with Crippen LogP contribution >= 0.6 is 24.0 Å². The maximum atomic E-state index is 12.9. The highest BCUT2D eigenvalue weighted by molar-refractivity contribution is 6.30. The van der Waals surface area contributed by atoms with Crippen LogP contribution in [0.3, 0.4) is 0 Å². The molecule has 1 aromatic carbocycles. The van der Waals surface area contributed by atoms with Crippen LogP contribution in [0.5, 0.6) is 0 Å². The van der Waals surface area contributed by atoms with Crippen molar-refractivity contribution in [3.63, 3.8) is 0 Å². The predicted molar refractivity (Wildman–Crippen MR) is 91.6 cm³/mol. The summed E-state index contributed by atoms with van der Waals surface area (Å²) < 4.78 is 5.63. The van der Waals surface area contributed by atoms with E-state index in [1.807, 2.05) is 36.1 Å². The number of amides is 1. The van der Waals surface area contributed by atoms with Crippen molar-refractivity contribution in [3.05, 3.63) is 34.9 Å². The summed E-state index contributed by atoms with van der Waals surface area (Å²) in [5, 5.41) is 3.97. The smallest absolute Gasteiger partial charge is 0.255 e. The molecule has 1 N–H and O–H groups in total. The van der Waals surface area contributed by atoms with E-state index in [9.17, 15) is 4.79 Å². The summed E-state index contributed by atoms with van der Waals surface area (Å²) in [5.41, 5.74) is 0.359. The average Bonchev–Trinajstić information content (AvgIpc) is 2.52. The molecule has 0 radical (unpaired) electrons. The van der Waals surface area contributed by atoms with Crippen molar-refractivity contribution in [2.45, 2.75) is 31.9 Å². The van der Waals surface area contributed by atoms with Gasteiger partial charge in [-0.25, -0.2) is 0 Å². The van der Waals surface area contributed by atoms with Crippen molar-refractivity contribution in [2.24, 2.45) is 0 Å². The summed E-state index contributed by atoms with van der Waals surface area (Å²) in [6.07, 6.45) is 1.43. The van der Waals surface area contributed by atoms with E-state index < -0.39 is 5.60 Å². The second-order valence-electron chi connectivity index (χ2n) is 5.40. The molecule has 1 heterocycles. The second-order valence-corrected chi connectivity index (χ2v) is 5.83. The number of ether oxygens (including phenoxy) is 1.